The van der Waals surface area contributed by atoms with Crippen LogP contribution in [-0.2, 0) is 17.6 Å². The Labute approximate surface area is 164 Å². The summed E-state index contributed by atoms with van der Waals surface area (Å²) >= 11 is 4.59. The van der Waals surface area contributed by atoms with E-state index < -0.39 is 5.97 Å². The number of rotatable bonds is 11. The summed E-state index contributed by atoms with van der Waals surface area (Å²) in [5.41, 5.74) is 2.96. The lowest BCUT2D eigenvalue weighted by atomic mass is 10.1. The quantitative estimate of drug-likeness (QED) is 0.270. The average molecular weight is 385 g/mol. The number of nitrogens with one attached hydrogen (secondary N) is 2. The van der Waals surface area contributed by atoms with E-state index in [0.29, 0.717) is 13.0 Å². The van der Waals surface area contributed by atoms with Gasteiger partial charge < -0.3 is 20.8 Å². The summed E-state index contributed by atoms with van der Waals surface area (Å²) in [5.74, 6) is -0.623. The zero-order valence-corrected chi connectivity index (χ0v) is 15.7. The fourth-order valence-electron chi connectivity index (χ4n) is 2.66. The van der Waals surface area contributed by atoms with Crippen molar-refractivity contribution in [2.45, 2.75) is 18.9 Å². The van der Waals surface area contributed by atoms with Crippen LogP contribution < -0.4 is 10.6 Å². The molecule has 4 N–H and O–H groups in total. The number of nitrogens with zero attached hydrogens (tertiary/aromatic N) is 1. The van der Waals surface area contributed by atoms with Gasteiger partial charge in [-0.1, -0.05) is 24.3 Å². The van der Waals surface area contributed by atoms with Crippen LogP contribution in [-0.4, -0.2) is 47.0 Å². The normalized spacial score (nSPS) is 11.6. The molecule has 0 heterocycles. The number of carboxylic acid groups (broad SMARTS) is 1. The molecule has 7 heteroatoms. The number of phenols is 1. The molecule has 0 aliphatic carbocycles. The molecule has 0 aliphatic heterocycles. The minimum absolute atomic E-state index is 0.0132. The highest BCUT2D eigenvalue weighted by atomic mass is 32.1. The molecule has 2 aromatic rings. The molecule has 1 atom stereocenters. The number of carbonyl (C=O) groups is 1. The third-order valence-electron chi connectivity index (χ3n) is 4.05. The van der Waals surface area contributed by atoms with Gasteiger partial charge in [0, 0.05) is 12.6 Å². The highest BCUT2D eigenvalue weighted by Gasteiger charge is 2.11. The molecular formula is C20H23N3O3S. The Kier molecular flexibility index (Phi) is 8.61. The van der Waals surface area contributed by atoms with Gasteiger partial charge in [-0.3, -0.25) is 4.79 Å². The average Bonchev–Trinajstić information content (AvgIpc) is 2.66. The molecule has 0 aliphatic rings. The smallest absolute Gasteiger partial charge is 0.317 e. The Balaban J connectivity index is 1.85. The number of benzene rings is 2. The van der Waals surface area contributed by atoms with Gasteiger partial charge in [0.05, 0.1) is 17.4 Å². The first-order chi connectivity index (χ1) is 13.1. The SMILES string of the molecule is O=C(O)CNC(CNCCc1ccc(O)cc1)Cc1ccc(N=C=S)cc1. The Morgan fingerprint density at radius 2 is 1.78 bits per heavy atom. The van der Waals surface area contributed by atoms with Gasteiger partial charge in [0.2, 0.25) is 0 Å². The van der Waals surface area contributed by atoms with Crippen molar-refractivity contribution in [1.29, 1.82) is 0 Å². The Bertz CT molecular complexity index is 772. The van der Waals surface area contributed by atoms with Gasteiger partial charge in [0.25, 0.3) is 0 Å². The number of aliphatic carboxylic acids is 1. The Morgan fingerprint density at radius 1 is 1.11 bits per heavy atom. The summed E-state index contributed by atoms with van der Waals surface area (Å²) in [6.45, 7) is 1.32. The topological polar surface area (TPSA) is 94.0 Å². The zero-order chi connectivity index (χ0) is 19.5. The molecule has 6 nitrogen and oxygen atoms in total. The van der Waals surface area contributed by atoms with Crippen LogP contribution in [0.5, 0.6) is 5.75 Å². The first-order valence-electron chi connectivity index (χ1n) is 8.67. The van der Waals surface area contributed by atoms with E-state index in [4.69, 9.17) is 5.11 Å². The van der Waals surface area contributed by atoms with Crippen LogP contribution in [0, 0.1) is 0 Å². The minimum atomic E-state index is -0.880. The molecule has 2 aromatic carbocycles. The maximum Gasteiger partial charge on any atom is 0.317 e. The van der Waals surface area contributed by atoms with Crippen LogP contribution in [0.3, 0.4) is 0 Å². The van der Waals surface area contributed by atoms with Crippen molar-refractivity contribution in [2.75, 3.05) is 19.6 Å². The number of hydrogen-bond acceptors (Lipinski definition) is 6. The second-order valence-corrected chi connectivity index (χ2v) is 6.35. The predicted molar refractivity (Wildman–Crippen MR) is 109 cm³/mol. The van der Waals surface area contributed by atoms with Crippen molar-refractivity contribution in [1.82, 2.24) is 10.6 Å². The number of aliphatic imine (C=N–C) groups is 1. The molecule has 0 radical (unpaired) electrons. The summed E-state index contributed by atoms with van der Waals surface area (Å²) in [6.07, 6.45) is 1.53. The molecule has 27 heavy (non-hydrogen) atoms. The Hall–Kier alpha value is -2.57. The molecule has 0 fully saturated rings. The minimum Gasteiger partial charge on any atom is -0.508 e. The first kappa shape index (κ1) is 20.7. The molecule has 0 saturated heterocycles. The molecule has 2 rings (SSSR count). The van der Waals surface area contributed by atoms with Crippen molar-refractivity contribution in [2.24, 2.45) is 4.99 Å². The summed E-state index contributed by atoms with van der Waals surface area (Å²) in [5, 5.41) is 27.0. The molecule has 0 amide bonds. The summed E-state index contributed by atoms with van der Waals surface area (Å²) in [6, 6.07) is 14.7. The van der Waals surface area contributed by atoms with Crippen molar-refractivity contribution < 1.29 is 15.0 Å². The lowest BCUT2D eigenvalue weighted by molar-refractivity contribution is -0.136. The number of thiocarbonyl (C=S) groups is 1. The van der Waals surface area contributed by atoms with E-state index in [1.54, 1.807) is 12.1 Å². The van der Waals surface area contributed by atoms with Crippen LogP contribution >= 0.6 is 12.2 Å². The molecular weight excluding hydrogens is 362 g/mol. The molecule has 1 unspecified atom stereocenters. The van der Waals surface area contributed by atoms with Gasteiger partial charge in [-0.25, -0.2) is 0 Å². The standard InChI is InChI=1S/C20H23N3O3S/c24-19-7-3-15(4-8-19)9-10-21-12-18(22-13-20(25)26)11-16-1-5-17(6-2-16)23-14-27/h1-8,18,21-22,24H,9-13H2,(H,25,26). The molecule has 0 saturated carbocycles. The summed E-state index contributed by atoms with van der Waals surface area (Å²) in [4.78, 5) is 14.8. The van der Waals surface area contributed by atoms with Gasteiger partial charge in [-0.2, -0.15) is 4.99 Å². The van der Waals surface area contributed by atoms with E-state index in [9.17, 15) is 9.90 Å². The van der Waals surface area contributed by atoms with Crippen molar-refractivity contribution in [3.8, 4) is 5.75 Å². The zero-order valence-electron chi connectivity index (χ0n) is 14.9. The lowest BCUT2D eigenvalue weighted by Gasteiger charge is -2.19. The van der Waals surface area contributed by atoms with Gasteiger partial charge in [-0.15, -0.1) is 0 Å². The largest absolute Gasteiger partial charge is 0.508 e. The summed E-state index contributed by atoms with van der Waals surface area (Å²) in [7, 11) is 0. The molecule has 0 aromatic heterocycles. The Morgan fingerprint density at radius 3 is 2.41 bits per heavy atom. The summed E-state index contributed by atoms with van der Waals surface area (Å²) < 4.78 is 0. The third kappa shape index (κ3) is 8.11. The number of aromatic hydroxyl groups is 1. The molecule has 0 bridgehead atoms. The van der Waals surface area contributed by atoms with E-state index in [1.165, 1.54) is 0 Å². The highest BCUT2D eigenvalue weighted by Crippen LogP contribution is 2.13. The van der Waals surface area contributed by atoms with Crippen molar-refractivity contribution in [3.05, 3.63) is 59.7 Å². The lowest BCUT2D eigenvalue weighted by Crippen LogP contribution is -2.43. The van der Waals surface area contributed by atoms with Crippen molar-refractivity contribution in [3.63, 3.8) is 0 Å². The number of hydrogen-bond donors (Lipinski definition) is 4. The van der Waals surface area contributed by atoms with Gasteiger partial charge in [-0.05, 0) is 67.0 Å². The van der Waals surface area contributed by atoms with Crippen LogP contribution in [0.2, 0.25) is 0 Å². The van der Waals surface area contributed by atoms with E-state index in [-0.39, 0.29) is 18.3 Å². The fraction of sp³-hybridized carbons (Fsp3) is 0.300. The number of carboxylic acids is 1. The van der Waals surface area contributed by atoms with Gasteiger partial charge >= 0.3 is 5.97 Å². The fourth-order valence-corrected chi connectivity index (χ4v) is 2.77. The van der Waals surface area contributed by atoms with Gasteiger partial charge in [0.1, 0.15) is 5.75 Å². The first-order valence-corrected chi connectivity index (χ1v) is 9.08. The van der Waals surface area contributed by atoms with Crippen LogP contribution in [0.4, 0.5) is 5.69 Å². The van der Waals surface area contributed by atoms with E-state index in [1.807, 2.05) is 36.4 Å². The van der Waals surface area contributed by atoms with E-state index in [2.05, 4.69) is 33.0 Å². The third-order valence-corrected chi connectivity index (χ3v) is 4.14. The number of isothiocyanates is 1. The molecule has 142 valence electrons. The predicted octanol–water partition coefficient (Wildman–Crippen LogP) is 2.54. The van der Waals surface area contributed by atoms with Crippen LogP contribution in [0.15, 0.2) is 53.5 Å². The molecule has 0 spiro atoms. The number of phenolic OH excluding ortho intramolecular Hbond substituents is 1. The monoisotopic (exact) mass is 385 g/mol. The maximum atomic E-state index is 10.9. The van der Waals surface area contributed by atoms with Crippen LogP contribution in [0.25, 0.3) is 0 Å². The van der Waals surface area contributed by atoms with Crippen molar-refractivity contribution >= 4 is 29.0 Å². The van der Waals surface area contributed by atoms with Gasteiger partial charge in [0.15, 0.2) is 0 Å². The second kappa shape index (κ2) is 11.2. The van der Waals surface area contributed by atoms with Crippen LogP contribution in [0.1, 0.15) is 11.1 Å². The van der Waals surface area contributed by atoms with E-state index >= 15 is 0 Å². The van der Waals surface area contributed by atoms with E-state index in [0.717, 1.165) is 29.8 Å². The highest BCUT2D eigenvalue weighted by molar-refractivity contribution is 7.78. The maximum absolute atomic E-state index is 10.9. The second-order valence-electron chi connectivity index (χ2n) is 6.17.